The fourth-order valence-corrected chi connectivity index (χ4v) is 3.77. The van der Waals surface area contributed by atoms with Crippen LogP contribution in [0, 0.1) is 6.92 Å². The standard InChI is InChI=1S/C26H27N3O4/c1-16-13-20-23(15-24(16)32-4)29-22-10-9-19(31-3)14-21(22)25(20)28-18-7-5-17(6-8-18)11-12-33-26(30)27-2/h5-10,13-15H,11-12H2,1-4H3,(H,27,30)(H,28,29). The molecule has 7 heteroatoms. The van der Waals surface area contributed by atoms with Gasteiger partial charge in [-0.25, -0.2) is 9.78 Å². The van der Waals surface area contributed by atoms with Gasteiger partial charge < -0.3 is 24.8 Å². The number of pyridine rings is 1. The Labute approximate surface area is 192 Å². The summed E-state index contributed by atoms with van der Waals surface area (Å²) >= 11 is 0. The van der Waals surface area contributed by atoms with E-state index in [-0.39, 0.29) is 0 Å². The van der Waals surface area contributed by atoms with E-state index >= 15 is 0 Å². The first-order valence-electron chi connectivity index (χ1n) is 10.7. The minimum absolute atomic E-state index is 0.326. The summed E-state index contributed by atoms with van der Waals surface area (Å²) in [4.78, 5) is 16.1. The van der Waals surface area contributed by atoms with Gasteiger partial charge in [0.2, 0.25) is 0 Å². The van der Waals surface area contributed by atoms with Gasteiger partial charge in [-0.15, -0.1) is 0 Å². The molecular weight excluding hydrogens is 418 g/mol. The van der Waals surface area contributed by atoms with Crippen molar-refractivity contribution in [2.45, 2.75) is 13.3 Å². The van der Waals surface area contributed by atoms with Crippen molar-refractivity contribution in [3.8, 4) is 11.5 Å². The number of nitrogens with zero attached hydrogens (tertiary/aromatic N) is 1. The largest absolute Gasteiger partial charge is 0.497 e. The summed E-state index contributed by atoms with van der Waals surface area (Å²) in [7, 11) is 4.87. The van der Waals surface area contributed by atoms with Gasteiger partial charge >= 0.3 is 6.09 Å². The Morgan fingerprint density at radius 1 is 0.939 bits per heavy atom. The molecule has 0 unspecified atom stereocenters. The SMILES string of the molecule is CNC(=O)OCCc1ccc(Nc2c3cc(OC)ccc3nc3cc(OC)c(C)cc23)cc1. The Bertz CT molecular complexity index is 1300. The van der Waals surface area contributed by atoms with E-state index in [0.29, 0.717) is 13.0 Å². The number of aryl methyl sites for hydroxylation is 1. The second kappa shape index (κ2) is 9.65. The monoisotopic (exact) mass is 445 g/mol. The van der Waals surface area contributed by atoms with Crippen molar-refractivity contribution < 1.29 is 19.0 Å². The third kappa shape index (κ3) is 4.77. The maximum atomic E-state index is 11.2. The minimum Gasteiger partial charge on any atom is -0.497 e. The highest BCUT2D eigenvalue weighted by Gasteiger charge is 2.13. The van der Waals surface area contributed by atoms with E-state index in [0.717, 1.165) is 55.8 Å². The first-order valence-corrected chi connectivity index (χ1v) is 10.7. The lowest BCUT2D eigenvalue weighted by atomic mass is 10.0. The summed E-state index contributed by atoms with van der Waals surface area (Å²) in [5.41, 5.74) is 5.71. The van der Waals surface area contributed by atoms with Crippen molar-refractivity contribution in [2.75, 3.05) is 33.2 Å². The summed E-state index contributed by atoms with van der Waals surface area (Å²) in [6.07, 6.45) is 0.220. The number of hydrogen-bond donors (Lipinski definition) is 2. The Morgan fingerprint density at radius 2 is 1.70 bits per heavy atom. The predicted molar refractivity (Wildman–Crippen MR) is 131 cm³/mol. The molecule has 0 fully saturated rings. The molecule has 1 heterocycles. The molecule has 0 saturated heterocycles. The van der Waals surface area contributed by atoms with E-state index in [1.165, 1.54) is 0 Å². The van der Waals surface area contributed by atoms with Crippen molar-refractivity contribution in [1.82, 2.24) is 10.3 Å². The average molecular weight is 446 g/mol. The number of amides is 1. The van der Waals surface area contributed by atoms with E-state index < -0.39 is 6.09 Å². The third-order valence-corrected chi connectivity index (χ3v) is 5.55. The summed E-state index contributed by atoms with van der Waals surface area (Å²) in [5.74, 6) is 1.57. The zero-order valence-electron chi connectivity index (χ0n) is 19.2. The first kappa shape index (κ1) is 22.2. The van der Waals surface area contributed by atoms with Crippen molar-refractivity contribution >= 4 is 39.3 Å². The molecule has 0 saturated carbocycles. The average Bonchev–Trinajstić information content (AvgIpc) is 2.84. The molecule has 0 aliphatic heterocycles. The van der Waals surface area contributed by atoms with E-state index in [1.807, 2.05) is 55.5 Å². The maximum Gasteiger partial charge on any atom is 0.406 e. The summed E-state index contributed by atoms with van der Waals surface area (Å²) in [6, 6.07) is 18.0. The number of fused-ring (bicyclic) bond motifs is 2. The molecule has 3 aromatic carbocycles. The minimum atomic E-state index is -0.424. The van der Waals surface area contributed by atoms with Crippen LogP contribution in [0.5, 0.6) is 11.5 Å². The molecule has 4 rings (SSSR count). The van der Waals surface area contributed by atoms with Gasteiger partial charge in [-0.1, -0.05) is 12.1 Å². The Kier molecular flexibility index (Phi) is 6.49. The molecule has 0 aliphatic carbocycles. The zero-order valence-corrected chi connectivity index (χ0v) is 19.2. The van der Waals surface area contributed by atoms with Gasteiger partial charge in [0, 0.05) is 36.0 Å². The lowest BCUT2D eigenvalue weighted by Crippen LogP contribution is -2.20. The molecule has 0 bridgehead atoms. The van der Waals surface area contributed by atoms with Crippen molar-refractivity contribution in [3.05, 3.63) is 65.7 Å². The number of anilines is 2. The van der Waals surface area contributed by atoms with Gasteiger partial charge in [0.15, 0.2) is 0 Å². The molecule has 7 nitrogen and oxygen atoms in total. The van der Waals surface area contributed by atoms with E-state index in [1.54, 1.807) is 21.3 Å². The van der Waals surface area contributed by atoms with E-state index in [2.05, 4.69) is 16.7 Å². The molecule has 170 valence electrons. The predicted octanol–water partition coefficient (Wildman–Crippen LogP) is 5.36. The topological polar surface area (TPSA) is 81.7 Å². The lowest BCUT2D eigenvalue weighted by molar-refractivity contribution is 0.150. The van der Waals surface area contributed by atoms with Gasteiger partial charge in [-0.3, -0.25) is 0 Å². The van der Waals surface area contributed by atoms with Crippen LogP contribution in [0.1, 0.15) is 11.1 Å². The highest BCUT2D eigenvalue weighted by molar-refractivity contribution is 6.09. The fraction of sp³-hybridized carbons (Fsp3) is 0.231. The van der Waals surface area contributed by atoms with Crippen LogP contribution in [0.4, 0.5) is 16.2 Å². The molecular formula is C26H27N3O4. The second-order valence-corrected chi connectivity index (χ2v) is 7.67. The number of hydrogen-bond acceptors (Lipinski definition) is 6. The Balaban J connectivity index is 1.71. The van der Waals surface area contributed by atoms with Gasteiger partial charge in [0.1, 0.15) is 11.5 Å². The zero-order chi connectivity index (χ0) is 23.4. The van der Waals surface area contributed by atoms with Crippen LogP contribution in [-0.2, 0) is 11.2 Å². The summed E-state index contributed by atoms with van der Waals surface area (Å²) < 4.78 is 16.0. The van der Waals surface area contributed by atoms with Gasteiger partial charge in [-0.2, -0.15) is 0 Å². The number of methoxy groups -OCH3 is 2. The highest BCUT2D eigenvalue weighted by Crippen LogP contribution is 2.37. The van der Waals surface area contributed by atoms with Crippen LogP contribution in [-0.4, -0.2) is 39.0 Å². The van der Waals surface area contributed by atoms with Crippen LogP contribution in [0.15, 0.2) is 54.6 Å². The molecule has 1 amide bonds. The molecule has 0 spiro atoms. The fourth-order valence-electron chi connectivity index (χ4n) is 3.77. The summed E-state index contributed by atoms with van der Waals surface area (Å²) in [6.45, 7) is 2.35. The van der Waals surface area contributed by atoms with Crippen LogP contribution >= 0.6 is 0 Å². The van der Waals surface area contributed by atoms with Gasteiger partial charge in [0.05, 0.1) is 37.5 Å². The van der Waals surface area contributed by atoms with Crippen LogP contribution in [0.2, 0.25) is 0 Å². The smallest absolute Gasteiger partial charge is 0.406 e. The second-order valence-electron chi connectivity index (χ2n) is 7.67. The van der Waals surface area contributed by atoms with Gasteiger partial charge in [0.25, 0.3) is 0 Å². The molecule has 0 atom stereocenters. The number of carbonyl (C=O) groups excluding carboxylic acids is 1. The third-order valence-electron chi connectivity index (χ3n) is 5.55. The molecule has 1 aromatic heterocycles. The number of benzene rings is 3. The van der Waals surface area contributed by atoms with Crippen LogP contribution in [0.25, 0.3) is 21.8 Å². The van der Waals surface area contributed by atoms with Gasteiger partial charge in [-0.05, 0) is 54.4 Å². The molecule has 0 radical (unpaired) electrons. The van der Waals surface area contributed by atoms with Crippen molar-refractivity contribution in [1.29, 1.82) is 0 Å². The first-order chi connectivity index (χ1) is 16.0. The Hall–Kier alpha value is -4.00. The number of alkyl carbamates (subject to hydrolysis) is 1. The maximum absolute atomic E-state index is 11.2. The molecule has 4 aromatic rings. The summed E-state index contributed by atoms with van der Waals surface area (Å²) in [5, 5.41) is 7.99. The number of aromatic nitrogens is 1. The molecule has 33 heavy (non-hydrogen) atoms. The quantitative estimate of drug-likeness (QED) is 0.373. The number of rotatable bonds is 7. The normalized spacial score (nSPS) is 10.8. The lowest BCUT2D eigenvalue weighted by Gasteiger charge is -2.16. The van der Waals surface area contributed by atoms with Crippen LogP contribution in [0.3, 0.4) is 0 Å². The van der Waals surface area contributed by atoms with Crippen LogP contribution < -0.4 is 20.1 Å². The number of ether oxygens (including phenoxy) is 3. The van der Waals surface area contributed by atoms with E-state index in [4.69, 9.17) is 19.2 Å². The van der Waals surface area contributed by atoms with E-state index in [9.17, 15) is 4.79 Å². The number of carbonyl (C=O) groups is 1. The highest BCUT2D eigenvalue weighted by atomic mass is 16.5. The van der Waals surface area contributed by atoms with Crippen molar-refractivity contribution in [2.24, 2.45) is 0 Å². The molecule has 2 N–H and O–H groups in total. The van der Waals surface area contributed by atoms with Crippen molar-refractivity contribution in [3.63, 3.8) is 0 Å². The number of nitrogens with one attached hydrogen (secondary N) is 2. The molecule has 0 aliphatic rings. The Morgan fingerprint density at radius 3 is 2.39 bits per heavy atom.